The summed E-state index contributed by atoms with van der Waals surface area (Å²) in [5.41, 5.74) is 8.27. The number of nitrogens with two attached hydrogens (primary N) is 1. The fraction of sp³-hybridized carbons (Fsp3) is 0.441. The van der Waals surface area contributed by atoms with Crippen LogP contribution in [0.15, 0.2) is 52.9 Å². The van der Waals surface area contributed by atoms with Gasteiger partial charge < -0.3 is 25.3 Å². The topological polar surface area (TPSA) is 178 Å². The number of primary amides is 1. The number of amides is 1. The predicted molar refractivity (Wildman–Crippen MR) is 172 cm³/mol. The normalized spacial score (nSPS) is 18.8. The van der Waals surface area contributed by atoms with Gasteiger partial charge >= 0.3 is 0 Å². The molecule has 3 atom stereocenters. The first-order valence-electron chi connectivity index (χ1n) is 15.4. The minimum absolute atomic E-state index is 0.000254. The Labute approximate surface area is 270 Å². The van der Waals surface area contributed by atoms with E-state index in [2.05, 4.69) is 18.3 Å². The van der Waals surface area contributed by atoms with Gasteiger partial charge in [-0.2, -0.15) is 13.7 Å². The number of ether oxygens (including phenoxy) is 3. The van der Waals surface area contributed by atoms with E-state index in [1.54, 1.807) is 45.0 Å². The minimum Gasteiger partial charge on any atom is -0.497 e. The fourth-order valence-corrected chi connectivity index (χ4v) is 7.49. The van der Waals surface area contributed by atoms with Crippen LogP contribution in [0.1, 0.15) is 98.0 Å². The molecular formula is C34H41N3O8S. The third-order valence-corrected chi connectivity index (χ3v) is 9.76. The van der Waals surface area contributed by atoms with Crippen molar-refractivity contribution in [3.05, 3.63) is 75.1 Å². The number of carbonyl (C=O) groups excluding carboxylic acids is 2. The van der Waals surface area contributed by atoms with Crippen LogP contribution in [0.2, 0.25) is 0 Å². The second kappa shape index (κ2) is 14.4. The van der Waals surface area contributed by atoms with Gasteiger partial charge in [-0.05, 0) is 68.4 Å². The number of dihydropyridines is 1. The molecule has 0 fully saturated rings. The number of Topliss-reactive ketones (excluding diaryl/α,β-unsaturated/α-hetero) is 1. The number of rotatable bonds is 13. The molecule has 0 aromatic heterocycles. The van der Waals surface area contributed by atoms with Crippen molar-refractivity contribution in [1.82, 2.24) is 5.32 Å². The maximum Gasteiger partial charge on any atom is 0.272 e. The first kappa shape index (κ1) is 34.5. The highest BCUT2D eigenvalue weighted by Gasteiger charge is 2.43. The first-order valence-corrected chi connectivity index (χ1v) is 16.9. The van der Waals surface area contributed by atoms with Crippen molar-refractivity contribution in [1.29, 1.82) is 5.26 Å². The molecule has 2 aromatic rings. The van der Waals surface area contributed by atoms with E-state index < -0.39 is 27.2 Å². The summed E-state index contributed by atoms with van der Waals surface area (Å²) >= 11 is 0. The Morgan fingerprint density at radius 1 is 1.17 bits per heavy atom. The molecule has 2 aromatic carbocycles. The van der Waals surface area contributed by atoms with Crippen LogP contribution in [0.4, 0.5) is 0 Å². The van der Waals surface area contributed by atoms with Crippen molar-refractivity contribution in [3.63, 3.8) is 0 Å². The van der Waals surface area contributed by atoms with Gasteiger partial charge in [0.2, 0.25) is 0 Å². The molecule has 4 rings (SSSR count). The number of nitrogens with one attached hydrogen (secondary N) is 1. The molecule has 3 unspecified atom stereocenters. The zero-order chi connectivity index (χ0) is 33.8. The molecule has 246 valence electrons. The lowest BCUT2D eigenvalue weighted by Crippen LogP contribution is -2.35. The van der Waals surface area contributed by atoms with Crippen LogP contribution in [0.3, 0.4) is 0 Å². The molecule has 12 heteroatoms. The van der Waals surface area contributed by atoms with Gasteiger partial charge in [0.05, 0.1) is 36.8 Å². The highest BCUT2D eigenvalue weighted by atomic mass is 32.2. The average Bonchev–Trinajstić information content (AvgIpc) is 3.00. The number of allylic oxidation sites excluding steroid dienone is 4. The van der Waals surface area contributed by atoms with Gasteiger partial charge in [0, 0.05) is 29.0 Å². The highest BCUT2D eigenvalue weighted by Crippen LogP contribution is 2.52. The van der Waals surface area contributed by atoms with Crippen molar-refractivity contribution >= 4 is 21.8 Å². The smallest absolute Gasteiger partial charge is 0.272 e. The quantitative estimate of drug-likeness (QED) is 0.230. The zero-order valence-electron chi connectivity index (χ0n) is 26.8. The van der Waals surface area contributed by atoms with Crippen LogP contribution in [0.5, 0.6) is 17.2 Å². The lowest BCUT2D eigenvalue weighted by atomic mass is 9.71. The van der Waals surface area contributed by atoms with Crippen molar-refractivity contribution in [3.8, 4) is 23.3 Å². The summed E-state index contributed by atoms with van der Waals surface area (Å²) < 4.78 is 54.1. The second-order valence-corrected chi connectivity index (χ2v) is 13.1. The Hall–Kier alpha value is -4.34. The Bertz CT molecular complexity index is 1740. The molecular weight excluding hydrogens is 610 g/mol. The molecule has 0 spiro atoms. The second-order valence-electron chi connectivity index (χ2n) is 11.5. The van der Waals surface area contributed by atoms with E-state index in [0.29, 0.717) is 34.7 Å². The van der Waals surface area contributed by atoms with E-state index in [4.69, 9.17) is 19.9 Å². The number of benzene rings is 2. The van der Waals surface area contributed by atoms with Crippen LogP contribution < -0.4 is 25.3 Å². The Kier molecular flexibility index (Phi) is 10.8. The van der Waals surface area contributed by atoms with Crippen LogP contribution in [-0.2, 0) is 21.5 Å². The van der Waals surface area contributed by atoms with Gasteiger partial charge in [-0.25, -0.2) is 0 Å². The molecule has 0 radical (unpaired) electrons. The minimum atomic E-state index is -4.78. The molecule has 1 aliphatic carbocycles. The van der Waals surface area contributed by atoms with Crippen molar-refractivity contribution < 1.29 is 36.8 Å². The number of hydrogen-bond acceptors (Lipinski definition) is 9. The van der Waals surface area contributed by atoms with E-state index in [1.165, 1.54) is 13.2 Å². The lowest BCUT2D eigenvalue weighted by Gasteiger charge is -2.37. The van der Waals surface area contributed by atoms with Crippen LogP contribution in [-0.4, -0.2) is 38.4 Å². The SMILES string of the molecule is CCCC1CC(=O)C2=C(C1)NC(C)=C(C#N)C2c1cc(C(N)=O)c(OCc2cccc(OC)c2)c(OCC)c1C(CC)S(=O)(=O)O. The standard InChI is InChI=1S/C34H41N3O8S/c1-6-10-20-14-26-31(27(38)15-20)29(25(17-35)19(4)37-26)23-16-24(34(36)39)32(45-18-21-11-9-12-22(13-21)43-5)33(44-8-3)30(23)28(7-2)46(40,41)42/h9,11-13,16,20,28-29,37H,6-8,10,14-15,18H2,1-5H3,(H2,36,39)(H,40,41,42). The van der Waals surface area contributed by atoms with E-state index >= 15 is 0 Å². The number of nitrogens with zero attached hydrogens (tertiary/aromatic N) is 1. The molecule has 4 N–H and O–H groups in total. The summed E-state index contributed by atoms with van der Waals surface area (Å²) in [6.45, 7) is 6.99. The molecule has 0 saturated carbocycles. The number of methoxy groups -OCH3 is 1. The molecule has 1 amide bonds. The Morgan fingerprint density at radius 2 is 1.91 bits per heavy atom. The molecule has 1 heterocycles. The van der Waals surface area contributed by atoms with Gasteiger partial charge in [0.15, 0.2) is 17.3 Å². The summed E-state index contributed by atoms with van der Waals surface area (Å²) in [7, 11) is -3.25. The monoisotopic (exact) mass is 651 g/mol. The van der Waals surface area contributed by atoms with E-state index in [-0.39, 0.29) is 71.5 Å². The summed E-state index contributed by atoms with van der Waals surface area (Å²) in [4.78, 5) is 26.9. The molecule has 0 saturated heterocycles. The van der Waals surface area contributed by atoms with E-state index in [0.717, 1.165) is 12.8 Å². The largest absolute Gasteiger partial charge is 0.497 e. The number of carbonyl (C=O) groups is 2. The van der Waals surface area contributed by atoms with Gasteiger partial charge in [-0.3, -0.25) is 14.1 Å². The lowest BCUT2D eigenvalue weighted by molar-refractivity contribution is -0.117. The molecule has 1 aliphatic heterocycles. The highest BCUT2D eigenvalue weighted by molar-refractivity contribution is 7.86. The maximum atomic E-state index is 13.9. The first-order chi connectivity index (χ1) is 21.9. The van der Waals surface area contributed by atoms with E-state index in [1.807, 2.05) is 0 Å². The molecule has 2 aliphatic rings. The van der Waals surface area contributed by atoms with Crippen molar-refractivity contribution in [2.75, 3.05) is 13.7 Å². The van der Waals surface area contributed by atoms with Crippen molar-refractivity contribution in [2.24, 2.45) is 11.7 Å². The number of hydrogen-bond donors (Lipinski definition) is 3. The number of ketones is 1. The molecule has 11 nitrogen and oxygen atoms in total. The summed E-state index contributed by atoms with van der Waals surface area (Å²) in [5, 5.41) is 12.1. The van der Waals surface area contributed by atoms with Gasteiger partial charge in [0.25, 0.3) is 16.0 Å². The van der Waals surface area contributed by atoms with Crippen LogP contribution in [0, 0.1) is 17.2 Å². The van der Waals surface area contributed by atoms with Crippen LogP contribution >= 0.6 is 0 Å². The summed E-state index contributed by atoms with van der Waals surface area (Å²) in [6, 6.07) is 10.6. The molecule has 0 bridgehead atoms. The average molecular weight is 652 g/mol. The zero-order valence-corrected chi connectivity index (χ0v) is 27.6. The Balaban J connectivity index is 2.07. The number of nitriles is 1. The van der Waals surface area contributed by atoms with Crippen molar-refractivity contribution in [2.45, 2.75) is 77.6 Å². The van der Waals surface area contributed by atoms with Gasteiger partial charge in [-0.1, -0.05) is 32.4 Å². The maximum absolute atomic E-state index is 13.9. The van der Waals surface area contributed by atoms with E-state index in [9.17, 15) is 27.8 Å². The van der Waals surface area contributed by atoms with Gasteiger partial charge in [-0.15, -0.1) is 0 Å². The molecule has 46 heavy (non-hydrogen) atoms. The summed E-state index contributed by atoms with van der Waals surface area (Å²) in [6.07, 6.45) is 2.47. The third-order valence-electron chi connectivity index (χ3n) is 8.47. The van der Waals surface area contributed by atoms with Crippen LogP contribution in [0.25, 0.3) is 0 Å². The summed E-state index contributed by atoms with van der Waals surface area (Å²) in [5.74, 6) is -1.66. The van der Waals surface area contributed by atoms with Gasteiger partial charge in [0.1, 0.15) is 17.6 Å². The Morgan fingerprint density at radius 3 is 2.50 bits per heavy atom. The third kappa shape index (κ3) is 6.90. The predicted octanol–water partition coefficient (Wildman–Crippen LogP) is 5.63. The fourth-order valence-electron chi connectivity index (χ4n) is 6.53.